The van der Waals surface area contributed by atoms with Gasteiger partial charge in [-0.2, -0.15) is 4.72 Å². The van der Waals surface area contributed by atoms with Crippen molar-refractivity contribution in [1.29, 1.82) is 0 Å². The fourth-order valence-electron chi connectivity index (χ4n) is 5.80. The van der Waals surface area contributed by atoms with Gasteiger partial charge in [-0.3, -0.25) is 14.5 Å². The highest BCUT2D eigenvalue weighted by atomic mass is 35.5. The third-order valence-electron chi connectivity index (χ3n) is 8.18. The molecule has 6 rings (SSSR count). The zero-order valence-electron chi connectivity index (χ0n) is 24.1. The number of nitrogens with zero attached hydrogens (tertiary/aromatic N) is 4. The molecule has 3 fully saturated rings. The van der Waals surface area contributed by atoms with Crippen molar-refractivity contribution < 1.29 is 31.7 Å². The monoisotopic (exact) mass is 665 g/mol. The van der Waals surface area contributed by atoms with Crippen molar-refractivity contribution >= 4 is 50.5 Å². The summed E-state index contributed by atoms with van der Waals surface area (Å²) in [5.74, 6) is -1.25. The Morgan fingerprint density at radius 1 is 1.18 bits per heavy atom. The largest absolute Gasteiger partial charge is 0.493 e. The Kier molecular flexibility index (Phi) is 8.98. The second-order valence-electron chi connectivity index (χ2n) is 11.2. The highest BCUT2D eigenvalue weighted by Crippen LogP contribution is 2.38. The Hall–Kier alpha value is -3.04. The third kappa shape index (κ3) is 6.64. The van der Waals surface area contributed by atoms with E-state index in [1.165, 1.54) is 23.3 Å². The van der Waals surface area contributed by atoms with Crippen LogP contribution in [0, 0.1) is 5.82 Å². The van der Waals surface area contributed by atoms with E-state index in [1.54, 1.807) is 23.1 Å². The summed E-state index contributed by atoms with van der Waals surface area (Å²) in [7, 11) is -3.28. The molecule has 1 unspecified atom stereocenters. The van der Waals surface area contributed by atoms with Gasteiger partial charge in [-0.15, -0.1) is 11.3 Å². The third-order valence-corrected chi connectivity index (χ3v) is 10.9. The van der Waals surface area contributed by atoms with Crippen molar-refractivity contribution in [2.45, 2.75) is 55.5 Å². The fourth-order valence-corrected chi connectivity index (χ4v) is 8.18. The van der Waals surface area contributed by atoms with Gasteiger partial charge >= 0.3 is 0 Å². The number of carbonyl (C=O) groups excluding carboxylic acids is 2. The standard InChI is InChI=1S/C29H33ClFN5O6S2/c1-41-28-22(36-9-3-2-4-27(36)37)14-18(31)15-25(28)44(39,40)33-21(29(38)35-12-10-34(11-13-35)20-5-6-20)16-19-17-23(42-32-19)24-7-8-26(30)43-24/h7-8,14-15,17,20-21,33H,2-6,9-13,16H2,1H3. The van der Waals surface area contributed by atoms with Crippen LogP contribution in [-0.4, -0.2) is 87.1 Å². The van der Waals surface area contributed by atoms with Crippen LogP contribution in [0.1, 0.15) is 37.8 Å². The summed E-state index contributed by atoms with van der Waals surface area (Å²) in [6.07, 6.45) is 3.84. The number of benzene rings is 1. The van der Waals surface area contributed by atoms with Gasteiger partial charge in [0.25, 0.3) is 0 Å². The first-order valence-electron chi connectivity index (χ1n) is 14.6. The molecule has 2 aliphatic heterocycles. The zero-order valence-corrected chi connectivity index (χ0v) is 26.5. The number of ether oxygens (including phenoxy) is 1. The predicted molar refractivity (Wildman–Crippen MR) is 163 cm³/mol. The highest BCUT2D eigenvalue weighted by Gasteiger charge is 2.37. The molecule has 3 aliphatic rings. The lowest BCUT2D eigenvalue weighted by Crippen LogP contribution is -2.55. The van der Waals surface area contributed by atoms with Crippen molar-refractivity contribution in [3.05, 3.63) is 46.2 Å². The van der Waals surface area contributed by atoms with E-state index in [0.717, 1.165) is 29.9 Å². The molecule has 0 bridgehead atoms. The van der Waals surface area contributed by atoms with Crippen molar-refractivity contribution in [1.82, 2.24) is 19.7 Å². The van der Waals surface area contributed by atoms with Crippen LogP contribution in [0.15, 0.2) is 39.8 Å². The average Bonchev–Trinajstić information content (AvgIpc) is 3.61. The summed E-state index contributed by atoms with van der Waals surface area (Å²) in [4.78, 5) is 32.1. The summed E-state index contributed by atoms with van der Waals surface area (Å²) in [6, 6.07) is 6.37. The first-order chi connectivity index (χ1) is 21.1. The van der Waals surface area contributed by atoms with Crippen molar-refractivity contribution in [2.75, 3.05) is 44.7 Å². The van der Waals surface area contributed by atoms with Crippen LogP contribution in [0.2, 0.25) is 4.34 Å². The van der Waals surface area contributed by atoms with E-state index in [9.17, 15) is 22.4 Å². The van der Waals surface area contributed by atoms with E-state index < -0.39 is 32.7 Å². The molecule has 2 saturated heterocycles. The van der Waals surface area contributed by atoms with E-state index >= 15 is 0 Å². The van der Waals surface area contributed by atoms with Crippen LogP contribution >= 0.6 is 22.9 Å². The Morgan fingerprint density at radius 3 is 2.61 bits per heavy atom. The van der Waals surface area contributed by atoms with Crippen LogP contribution in [-0.2, 0) is 26.0 Å². The number of piperazine rings is 1. The van der Waals surface area contributed by atoms with E-state index in [4.69, 9.17) is 20.9 Å². The Morgan fingerprint density at radius 2 is 1.95 bits per heavy atom. The molecule has 0 radical (unpaired) electrons. The summed E-state index contributed by atoms with van der Waals surface area (Å²) in [5, 5.41) is 4.09. The minimum atomic E-state index is -4.55. The summed E-state index contributed by atoms with van der Waals surface area (Å²) >= 11 is 7.36. The van der Waals surface area contributed by atoms with Gasteiger partial charge in [-0.05, 0) is 43.9 Å². The molecule has 4 heterocycles. The summed E-state index contributed by atoms with van der Waals surface area (Å²) in [6.45, 7) is 2.62. The number of halogens is 2. The van der Waals surface area contributed by atoms with E-state index in [2.05, 4.69) is 14.8 Å². The van der Waals surface area contributed by atoms with Gasteiger partial charge in [0.1, 0.15) is 16.8 Å². The molecule has 0 spiro atoms. The quantitative estimate of drug-likeness (QED) is 0.346. The molecule has 2 aromatic heterocycles. The fraction of sp³-hybridized carbons (Fsp3) is 0.483. The number of rotatable bonds is 10. The maximum Gasteiger partial charge on any atom is 0.245 e. The Labute approximate surface area is 263 Å². The summed E-state index contributed by atoms with van der Waals surface area (Å²) in [5.41, 5.74) is 0.389. The number of amides is 2. The van der Waals surface area contributed by atoms with Crippen LogP contribution in [0.25, 0.3) is 10.6 Å². The van der Waals surface area contributed by atoms with Crippen LogP contribution in [0.3, 0.4) is 0 Å². The second-order valence-corrected chi connectivity index (χ2v) is 14.6. The van der Waals surface area contributed by atoms with Crippen molar-refractivity contribution in [3.63, 3.8) is 0 Å². The molecule has 1 aromatic carbocycles. The number of piperidine rings is 1. The van der Waals surface area contributed by atoms with E-state index in [-0.39, 0.29) is 30.2 Å². The van der Waals surface area contributed by atoms with Gasteiger partial charge in [0.2, 0.25) is 21.8 Å². The maximum atomic E-state index is 15.0. The van der Waals surface area contributed by atoms with Gasteiger partial charge in [0, 0.05) is 63.7 Å². The number of sulfonamides is 1. The number of methoxy groups -OCH3 is 1. The molecule has 1 atom stereocenters. The number of thiophene rings is 1. The normalized spacial score (nSPS) is 18.9. The maximum absolute atomic E-state index is 15.0. The van der Waals surface area contributed by atoms with Gasteiger partial charge in [-0.1, -0.05) is 16.8 Å². The minimum Gasteiger partial charge on any atom is -0.493 e. The number of hydrogen-bond acceptors (Lipinski definition) is 9. The molecule has 1 aliphatic carbocycles. The number of carbonyl (C=O) groups is 2. The minimum absolute atomic E-state index is 0.0346. The molecular weight excluding hydrogens is 633 g/mol. The summed E-state index contributed by atoms with van der Waals surface area (Å²) < 4.78 is 56.9. The van der Waals surface area contributed by atoms with Crippen molar-refractivity contribution in [3.8, 4) is 16.4 Å². The van der Waals surface area contributed by atoms with Gasteiger partial charge in [0.05, 0.1) is 27.7 Å². The number of anilines is 1. The highest BCUT2D eigenvalue weighted by molar-refractivity contribution is 7.89. The first-order valence-corrected chi connectivity index (χ1v) is 17.2. The zero-order chi connectivity index (χ0) is 31.0. The molecule has 44 heavy (non-hydrogen) atoms. The number of aromatic nitrogens is 1. The SMILES string of the molecule is COc1c(N2CCCCC2=O)cc(F)cc1S(=O)(=O)NC(Cc1cc(-c2ccc(Cl)s2)on1)C(=O)N1CCN(C2CC2)CC1. The van der Waals surface area contributed by atoms with Gasteiger partial charge in [-0.25, -0.2) is 12.8 Å². The number of nitrogens with one attached hydrogen (secondary N) is 1. The lowest BCUT2D eigenvalue weighted by atomic mass is 10.1. The smallest absolute Gasteiger partial charge is 0.245 e. The molecular formula is C29H33ClFN5O6S2. The van der Waals surface area contributed by atoms with E-state index in [1.807, 2.05) is 0 Å². The molecule has 2 amide bonds. The van der Waals surface area contributed by atoms with Crippen molar-refractivity contribution in [2.24, 2.45) is 0 Å². The number of hydrogen-bond donors (Lipinski definition) is 1. The molecule has 1 N–H and O–H groups in total. The lowest BCUT2D eigenvalue weighted by molar-refractivity contribution is -0.134. The van der Waals surface area contributed by atoms with Crippen LogP contribution in [0.5, 0.6) is 5.75 Å². The molecule has 15 heteroatoms. The topological polar surface area (TPSA) is 125 Å². The van der Waals surface area contributed by atoms with Gasteiger partial charge in [0.15, 0.2) is 11.5 Å². The lowest BCUT2D eigenvalue weighted by Gasteiger charge is -2.36. The Bertz CT molecular complexity index is 1650. The van der Waals surface area contributed by atoms with Gasteiger partial charge < -0.3 is 19.1 Å². The second kappa shape index (κ2) is 12.8. The average molecular weight is 666 g/mol. The predicted octanol–water partition coefficient (Wildman–Crippen LogP) is 3.92. The molecule has 1 saturated carbocycles. The molecule has 3 aromatic rings. The first kappa shape index (κ1) is 31.0. The Balaban J connectivity index is 1.30. The van der Waals surface area contributed by atoms with Crippen LogP contribution < -0.4 is 14.4 Å². The van der Waals surface area contributed by atoms with Crippen LogP contribution in [0.4, 0.5) is 10.1 Å². The molecule has 236 valence electrons. The molecule has 11 nitrogen and oxygen atoms in total. The van der Waals surface area contributed by atoms with E-state index in [0.29, 0.717) is 67.4 Å².